The van der Waals surface area contributed by atoms with Crippen LogP contribution in [0.4, 0.5) is 20.1 Å². The van der Waals surface area contributed by atoms with Crippen molar-refractivity contribution in [3.05, 3.63) is 144 Å². The highest BCUT2D eigenvalue weighted by molar-refractivity contribution is 5.61. The Morgan fingerprint density at radius 3 is 1.28 bits per heavy atom. The Labute approximate surface area is 418 Å². The van der Waals surface area contributed by atoms with Crippen LogP contribution in [0.1, 0.15) is 84.6 Å². The van der Waals surface area contributed by atoms with Gasteiger partial charge in [0.2, 0.25) is 0 Å². The molecule has 0 aliphatic carbocycles. The van der Waals surface area contributed by atoms with Crippen molar-refractivity contribution in [2.24, 2.45) is 11.8 Å². The molecule has 9 N–H and O–H groups in total. The van der Waals surface area contributed by atoms with Crippen LogP contribution in [0.15, 0.2) is 121 Å². The standard InChI is InChI=1S/2C11H14O4.2C10H14O2.C6H7NO.C4H6O3.2CH4/c1-8(7-15-11(13)14)6-9-2-4-10(12)5-3-9;1-8(15-11(13)14)2-3-9-4-6-10(12)7-5-9;1-8(7-11)6-9-2-4-10(12)5-3-9;1-8(11)2-3-9-4-6-10(12)7-5-9;7-5-1-3-6(8)4-2-5;1-3-2-6-4(5)7-3;;/h2-5,8,12H,6-7H2,1H3,(H,13,14);4-8,12H,2-3H2,1H3,(H,13,14);2-5,8,11-12H,6-7H2,1H3;4-8,11-12H,2-3H2,1H3;1-4,8H,7H2;3H,2H2,1H3;2*1H4/p-2. The van der Waals surface area contributed by atoms with Gasteiger partial charge >= 0.3 is 6.16 Å². The number of cyclic esters (lactones) is 2. The zero-order valence-electron chi connectivity index (χ0n) is 39.7. The van der Waals surface area contributed by atoms with E-state index < -0.39 is 18.5 Å². The number of hydrogen-bond acceptors (Lipinski definition) is 17. The lowest BCUT2D eigenvalue weighted by atomic mass is 10.0. The van der Waals surface area contributed by atoms with Gasteiger partial charge in [0.1, 0.15) is 41.5 Å². The Hall–Kier alpha value is -7.37. The second-order valence-corrected chi connectivity index (χ2v) is 16.2. The summed E-state index contributed by atoms with van der Waals surface area (Å²) >= 11 is 0. The molecule has 17 heteroatoms. The predicted octanol–water partition coefficient (Wildman–Crippen LogP) is 8.06. The number of nitrogen functional groups attached to an aromatic ring is 1. The first-order chi connectivity index (χ1) is 32.6. The quantitative estimate of drug-likeness (QED) is 0.0226. The summed E-state index contributed by atoms with van der Waals surface area (Å²) in [7, 11) is 0. The van der Waals surface area contributed by atoms with Crippen molar-refractivity contribution in [1.82, 2.24) is 0 Å². The number of phenols is 5. The number of carboxylic acid groups (broad SMARTS) is 2. The van der Waals surface area contributed by atoms with Gasteiger partial charge in [-0.05, 0) is 166 Å². The maximum atomic E-state index is 10.1. The monoisotopic (exact) mass is 994 g/mol. The van der Waals surface area contributed by atoms with Gasteiger partial charge in [0, 0.05) is 25.0 Å². The fraction of sp³-hybridized carbons (Fsp3) is 0.389. The molecule has 0 saturated carbocycles. The first kappa shape index (κ1) is 65.7. The number of hydrogen-bond donors (Lipinski definition) is 8. The van der Waals surface area contributed by atoms with Crippen LogP contribution < -0.4 is 15.9 Å². The topological polar surface area (TPSA) is 302 Å². The maximum Gasteiger partial charge on any atom is 0.508 e. The lowest BCUT2D eigenvalue weighted by Gasteiger charge is -2.17. The van der Waals surface area contributed by atoms with E-state index in [1.54, 1.807) is 118 Å². The van der Waals surface area contributed by atoms with Gasteiger partial charge < -0.3 is 80.2 Å². The number of benzene rings is 5. The Balaban J connectivity index is 0. The third-order valence-corrected chi connectivity index (χ3v) is 9.33. The zero-order valence-corrected chi connectivity index (χ0v) is 39.7. The van der Waals surface area contributed by atoms with Gasteiger partial charge in [-0.25, -0.2) is 4.79 Å². The van der Waals surface area contributed by atoms with Crippen LogP contribution in [-0.4, -0.2) is 92.3 Å². The molecular formula is C54H75NO16-2. The summed E-state index contributed by atoms with van der Waals surface area (Å²) in [5.74, 6) is 1.64. The molecule has 0 radical (unpaired) electrons. The van der Waals surface area contributed by atoms with E-state index >= 15 is 0 Å². The Morgan fingerprint density at radius 1 is 0.620 bits per heavy atom. The van der Waals surface area contributed by atoms with Gasteiger partial charge in [-0.1, -0.05) is 77.2 Å². The van der Waals surface area contributed by atoms with Crippen molar-refractivity contribution in [3.8, 4) is 28.7 Å². The first-order valence-electron chi connectivity index (χ1n) is 22.1. The number of aliphatic hydroxyl groups is 2. The second kappa shape index (κ2) is 37.5. The maximum absolute atomic E-state index is 10.1. The van der Waals surface area contributed by atoms with Crippen molar-refractivity contribution in [3.63, 3.8) is 0 Å². The fourth-order valence-electron chi connectivity index (χ4n) is 5.59. The Bertz CT molecular complexity index is 2110. The lowest BCUT2D eigenvalue weighted by molar-refractivity contribution is -0.287. The van der Waals surface area contributed by atoms with Crippen LogP contribution in [0.2, 0.25) is 0 Å². The molecule has 1 heterocycles. The molecule has 1 saturated heterocycles. The van der Waals surface area contributed by atoms with Crippen LogP contribution in [0.25, 0.3) is 0 Å². The lowest BCUT2D eigenvalue weighted by Crippen LogP contribution is -2.28. The minimum atomic E-state index is -1.49. The number of aromatic hydroxyl groups is 5. The summed E-state index contributed by atoms with van der Waals surface area (Å²) in [5, 5.41) is 82.7. The average molecular weight is 994 g/mol. The summed E-state index contributed by atoms with van der Waals surface area (Å²) in [6, 6.07) is 34.1. The molecule has 0 bridgehead atoms. The van der Waals surface area contributed by atoms with E-state index in [2.05, 4.69) is 18.9 Å². The number of anilines is 1. The summed E-state index contributed by atoms with van der Waals surface area (Å²) in [5.41, 5.74) is 10.3. The molecule has 6 rings (SSSR count). The van der Waals surface area contributed by atoms with Crippen molar-refractivity contribution in [2.75, 3.05) is 25.6 Å². The molecule has 17 nitrogen and oxygen atoms in total. The molecule has 5 aromatic carbocycles. The summed E-state index contributed by atoms with van der Waals surface area (Å²) in [4.78, 5) is 30.1. The van der Waals surface area contributed by atoms with Crippen molar-refractivity contribution < 1.29 is 79.3 Å². The summed E-state index contributed by atoms with van der Waals surface area (Å²) < 4.78 is 17.7. The predicted molar refractivity (Wildman–Crippen MR) is 269 cm³/mol. The van der Waals surface area contributed by atoms with Crippen LogP contribution in [0.5, 0.6) is 28.7 Å². The van der Waals surface area contributed by atoms with Crippen molar-refractivity contribution in [2.45, 2.75) is 106 Å². The number of aryl methyl sites for hydroxylation is 2. The molecule has 1 aliphatic rings. The molecule has 0 spiro atoms. The normalized spacial score (nSPS) is 13.3. The van der Waals surface area contributed by atoms with Gasteiger partial charge in [0.05, 0.1) is 6.10 Å². The van der Waals surface area contributed by atoms with Crippen LogP contribution in [-0.2, 0) is 44.6 Å². The SMILES string of the molecule is C.C.CC(CCc1ccc(O)cc1)OC(=O)[O-].CC(CO)Cc1ccc(O)cc1.CC(COC(=O)[O-])Cc1ccc(O)cc1.CC(O)CCc1ccc(O)cc1.CC1COC(=O)O1.Nc1ccc(O)cc1. The Kier molecular flexibility index (Phi) is 34.7. The van der Waals surface area contributed by atoms with Crippen LogP contribution >= 0.6 is 0 Å². The van der Waals surface area contributed by atoms with E-state index in [0.717, 1.165) is 41.5 Å². The van der Waals surface area contributed by atoms with Gasteiger partial charge in [-0.3, -0.25) is 0 Å². The molecule has 394 valence electrons. The Morgan fingerprint density at radius 2 is 0.986 bits per heavy atom. The van der Waals surface area contributed by atoms with Crippen molar-refractivity contribution in [1.29, 1.82) is 0 Å². The summed E-state index contributed by atoms with van der Waals surface area (Å²) in [6.07, 6.45) is 0.281. The van der Waals surface area contributed by atoms with E-state index in [1.165, 1.54) is 0 Å². The minimum Gasteiger partial charge on any atom is -0.549 e. The highest BCUT2D eigenvalue weighted by atomic mass is 16.8. The molecule has 5 atom stereocenters. The highest BCUT2D eigenvalue weighted by Gasteiger charge is 2.19. The number of nitrogens with two attached hydrogens (primary N) is 1. The second-order valence-electron chi connectivity index (χ2n) is 16.2. The van der Waals surface area contributed by atoms with E-state index in [1.807, 2.05) is 38.1 Å². The minimum absolute atomic E-state index is 0. The number of carbonyl (C=O) groups is 3. The third-order valence-electron chi connectivity index (χ3n) is 9.33. The molecule has 0 amide bonds. The molecule has 5 aromatic rings. The van der Waals surface area contributed by atoms with Crippen molar-refractivity contribution >= 4 is 24.2 Å². The molecule has 5 unspecified atom stereocenters. The molecule has 71 heavy (non-hydrogen) atoms. The largest absolute Gasteiger partial charge is 0.549 e. The van der Waals surface area contributed by atoms with Gasteiger partial charge in [0.15, 0.2) is 0 Å². The first-order valence-corrected chi connectivity index (χ1v) is 22.1. The molecule has 1 fully saturated rings. The summed E-state index contributed by atoms with van der Waals surface area (Å²) in [6.45, 7) is 9.85. The highest BCUT2D eigenvalue weighted by Crippen LogP contribution is 2.16. The molecular weight excluding hydrogens is 919 g/mol. The van der Waals surface area contributed by atoms with Crippen LogP contribution in [0.3, 0.4) is 0 Å². The van der Waals surface area contributed by atoms with Gasteiger partial charge in [-0.15, -0.1) is 0 Å². The van der Waals surface area contributed by atoms with E-state index in [4.69, 9.17) is 41.5 Å². The van der Waals surface area contributed by atoms with E-state index in [9.17, 15) is 24.6 Å². The number of aliphatic hydroxyl groups excluding tert-OH is 2. The number of rotatable bonds is 14. The van der Waals surface area contributed by atoms with E-state index in [0.29, 0.717) is 31.6 Å². The smallest absolute Gasteiger partial charge is 0.508 e. The van der Waals surface area contributed by atoms with E-state index in [-0.39, 0.29) is 87.0 Å². The zero-order chi connectivity index (χ0) is 51.7. The van der Waals surface area contributed by atoms with Crippen LogP contribution in [0, 0.1) is 11.8 Å². The number of carbonyl (C=O) groups excluding carboxylic acids is 3. The van der Waals surface area contributed by atoms with Gasteiger partial charge in [0.25, 0.3) is 12.3 Å². The third kappa shape index (κ3) is 35.4. The number of phenolic OH excluding ortho intramolecular Hbond substituents is 5. The fourth-order valence-corrected chi connectivity index (χ4v) is 5.59. The number of ether oxygens (including phenoxy) is 4. The molecule has 1 aliphatic heterocycles. The van der Waals surface area contributed by atoms with Gasteiger partial charge in [-0.2, -0.15) is 0 Å². The molecule has 0 aromatic heterocycles. The average Bonchev–Trinajstić information content (AvgIpc) is 3.70.